The molecule has 4 rings (SSSR count). The number of hydrogen-bond acceptors (Lipinski definition) is 4. The van der Waals surface area contributed by atoms with Crippen LogP contribution >= 0.6 is 0 Å². The van der Waals surface area contributed by atoms with Crippen molar-refractivity contribution >= 4 is 33.5 Å². The second-order valence-corrected chi connectivity index (χ2v) is 8.34. The summed E-state index contributed by atoms with van der Waals surface area (Å²) < 4.78 is 5.65. The van der Waals surface area contributed by atoms with Crippen LogP contribution < -0.4 is 21.2 Å². The van der Waals surface area contributed by atoms with E-state index >= 15 is 0 Å². The van der Waals surface area contributed by atoms with E-state index in [1.165, 1.54) is 0 Å². The van der Waals surface area contributed by atoms with E-state index in [-0.39, 0.29) is 11.7 Å². The first-order chi connectivity index (χ1) is 16.5. The Morgan fingerprint density at radius 2 is 1.71 bits per heavy atom. The molecule has 0 fully saturated rings. The summed E-state index contributed by atoms with van der Waals surface area (Å²) in [5, 5.41) is 8.95. The Kier molecular flexibility index (Phi) is 7.16. The normalized spacial score (nSPS) is 11.0. The molecule has 0 unspecified atom stereocenters. The summed E-state index contributed by atoms with van der Waals surface area (Å²) in [7, 11) is 0. The molecule has 34 heavy (non-hydrogen) atoms. The van der Waals surface area contributed by atoms with Gasteiger partial charge in [-0.1, -0.05) is 42.5 Å². The zero-order chi connectivity index (χ0) is 24.1. The van der Waals surface area contributed by atoms with Gasteiger partial charge in [-0.2, -0.15) is 0 Å². The third kappa shape index (κ3) is 4.91. The lowest BCUT2D eigenvalue weighted by molar-refractivity contribution is 0.240. The number of carbonyl (C=O) groups excluding carboxylic acids is 1. The predicted molar refractivity (Wildman–Crippen MR) is 139 cm³/mol. The number of urea groups is 1. The predicted octanol–water partition coefficient (Wildman–Crippen LogP) is 5.14. The highest BCUT2D eigenvalue weighted by Gasteiger charge is 2.13. The summed E-state index contributed by atoms with van der Waals surface area (Å²) in [5.74, 6) is 0. The molecule has 0 aliphatic rings. The molecule has 0 aliphatic carbocycles. The van der Waals surface area contributed by atoms with Crippen LogP contribution in [-0.2, 0) is 13.0 Å². The number of carbonyl (C=O) groups is 1. The van der Waals surface area contributed by atoms with Gasteiger partial charge in [0.1, 0.15) is 5.58 Å². The van der Waals surface area contributed by atoms with E-state index < -0.39 is 0 Å². The van der Waals surface area contributed by atoms with Gasteiger partial charge < -0.3 is 20.0 Å². The summed E-state index contributed by atoms with van der Waals surface area (Å²) in [6, 6.07) is 19.9. The molecule has 4 aromatic rings. The van der Waals surface area contributed by atoms with Crippen LogP contribution in [0.1, 0.15) is 30.5 Å². The van der Waals surface area contributed by atoms with Crippen LogP contribution in [0.2, 0.25) is 0 Å². The molecule has 2 amide bonds. The van der Waals surface area contributed by atoms with E-state index in [9.17, 15) is 9.59 Å². The van der Waals surface area contributed by atoms with E-state index in [0.717, 1.165) is 46.1 Å². The first-order valence-corrected chi connectivity index (χ1v) is 11.8. The number of hydrogen-bond donors (Lipinski definition) is 2. The van der Waals surface area contributed by atoms with Gasteiger partial charge in [0.25, 0.3) is 0 Å². The topological polar surface area (TPSA) is 74.6 Å². The van der Waals surface area contributed by atoms with E-state index in [1.807, 2.05) is 43.3 Å². The zero-order valence-electron chi connectivity index (χ0n) is 20.0. The standard InChI is InChI=1S/C28H31N3O3/c1-4-31(5-2)22-13-14-23-19(3)24(27(32)34-26(23)17-22)15-16-29-28(33)30-18-21-11-8-10-20-9-6-7-12-25(20)21/h6-14,17H,4-5,15-16,18H2,1-3H3,(H2,29,30,33). The summed E-state index contributed by atoms with van der Waals surface area (Å²) in [6.07, 6.45) is 0.406. The summed E-state index contributed by atoms with van der Waals surface area (Å²) in [4.78, 5) is 27.2. The van der Waals surface area contributed by atoms with Crippen LogP contribution in [0.15, 0.2) is 69.9 Å². The van der Waals surface area contributed by atoms with Crippen molar-refractivity contribution in [1.82, 2.24) is 10.6 Å². The highest BCUT2D eigenvalue weighted by atomic mass is 16.4. The van der Waals surface area contributed by atoms with Crippen molar-refractivity contribution < 1.29 is 9.21 Å². The lowest BCUT2D eigenvalue weighted by atomic mass is 10.0. The minimum Gasteiger partial charge on any atom is -0.422 e. The maximum atomic E-state index is 12.7. The first-order valence-electron chi connectivity index (χ1n) is 11.8. The summed E-state index contributed by atoms with van der Waals surface area (Å²) in [5.41, 5.74) is 3.84. The maximum absolute atomic E-state index is 12.7. The smallest absolute Gasteiger partial charge is 0.339 e. The Hall–Kier alpha value is -3.80. The van der Waals surface area contributed by atoms with E-state index in [4.69, 9.17) is 4.42 Å². The first kappa shape index (κ1) is 23.4. The highest BCUT2D eigenvalue weighted by molar-refractivity contribution is 5.86. The molecule has 1 aromatic heterocycles. The second-order valence-electron chi connectivity index (χ2n) is 8.34. The van der Waals surface area contributed by atoms with Gasteiger partial charge in [0.15, 0.2) is 0 Å². The van der Waals surface area contributed by atoms with Crippen molar-refractivity contribution in [1.29, 1.82) is 0 Å². The number of fused-ring (bicyclic) bond motifs is 2. The Labute approximate surface area is 199 Å². The molecule has 2 N–H and O–H groups in total. The van der Waals surface area contributed by atoms with Crippen molar-refractivity contribution in [2.24, 2.45) is 0 Å². The molecule has 0 radical (unpaired) electrons. The van der Waals surface area contributed by atoms with Crippen LogP contribution in [0.4, 0.5) is 10.5 Å². The number of nitrogens with zero attached hydrogens (tertiary/aromatic N) is 1. The molecule has 0 aliphatic heterocycles. The number of amides is 2. The average Bonchev–Trinajstić information content (AvgIpc) is 2.85. The third-order valence-electron chi connectivity index (χ3n) is 6.38. The molecule has 0 spiro atoms. The van der Waals surface area contributed by atoms with Crippen LogP contribution in [-0.4, -0.2) is 25.7 Å². The second kappa shape index (κ2) is 10.4. The molecule has 1 heterocycles. The lowest BCUT2D eigenvalue weighted by Crippen LogP contribution is -2.36. The molecule has 176 valence electrons. The van der Waals surface area contributed by atoms with Crippen LogP contribution in [0.3, 0.4) is 0 Å². The molecule has 3 aromatic carbocycles. The van der Waals surface area contributed by atoms with Crippen molar-refractivity contribution in [3.05, 3.63) is 87.8 Å². The molecule has 6 nitrogen and oxygen atoms in total. The lowest BCUT2D eigenvalue weighted by Gasteiger charge is -2.21. The van der Waals surface area contributed by atoms with Gasteiger partial charge in [-0.05, 0) is 61.2 Å². The minimum atomic E-state index is -0.348. The van der Waals surface area contributed by atoms with Gasteiger partial charge in [-0.25, -0.2) is 9.59 Å². The van der Waals surface area contributed by atoms with Gasteiger partial charge in [0, 0.05) is 48.9 Å². The largest absolute Gasteiger partial charge is 0.422 e. The number of benzene rings is 3. The fourth-order valence-corrected chi connectivity index (χ4v) is 4.44. The summed E-state index contributed by atoms with van der Waals surface area (Å²) >= 11 is 0. The van der Waals surface area contributed by atoms with Gasteiger partial charge >= 0.3 is 11.7 Å². The quantitative estimate of drug-likeness (QED) is 0.359. The van der Waals surface area contributed by atoms with Crippen molar-refractivity contribution in [2.45, 2.75) is 33.7 Å². The molecular weight excluding hydrogens is 426 g/mol. The van der Waals surface area contributed by atoms with Crippen LogP contribution in [0, 0.1) is 6.92 Å². The monoisotopic (exact) mass is 457 g/mol. The third-order valence-corrected chi connectivity index (χ3v) is 6.38. The number of anilines is 1. The van der Waals surface area contributed by atoms with Gasteiger partial charge in [-0.3, -0.25) is 0 Å². The fraction of sp³-hybridized carbons (Fsp3) is 0.286. The Morgan fingerprint density at radius 3 is 2.50 bits per heavy atom. The highest BCUT2D eigenvalue weighted by Crippen LogP contribution is 2.25. The number of aryl methyl sites for hydroxylation is 1. The molecule has 0 atom stereocenters. The molecule has 6 heteroatoms. The molecular formula is C28H31N3O3. The number of nitrogens with one attached hydrogen (secondary N) is 2. The van der Waals surface area contributed by atoms with Gasteiger partial charge in [0.2, 0.25) is 0 Å². The average molecular weight is 458 g/mol. The van der Waals surface area contributed by atoms with E-state index in [0.29, 0.717) is 30.7 Å². The Balaban J connectivity index is 1.39. The Bertz CT molecular complexity index is 1370. The van der Waals surface area contributed by atoms with Crippen LogP contribution in [0.25, 0.3) is 21.7 Å². The minimum absolute atomic E-state index is 0.264. The van der Waals surface area contributed by atoms with Crippen molar-refractivity contribution in [3.63, 3.8) is 0 Å². The summed E-state index contributed by atoms with van der Waals surface area (Å²) in [6.45, 7) is 8.68. The molecule has 0 saturated carbocycles. The van der Waals surface area contributed by atoms with E-state index in [1.54, 1.807) is 0 Å². The fourth-order valence-electron chi connectivity index (χ4n) is 4.44. The maximum Gasteiger partial charge on any atom is 0.339 e. The van der Waals surface area contributed by atoms with Crippen molar-refractivity contribution in [3.8, 4) is 0 Å². The number of rotatable bonds is 8. The van der Waals surface area contributed by atoms with E-state index in [2.05, 4.69) is 53.6 Å². The SMILES string of the molecule is CCN(CC)c1ccc2c(C)c(CCNC(=O)NCc3cccc4ccccc34)c(=O)oc2c1. The zero-order valence-corrected chi connectivity index (χ0v) is 20.0. The van der Waals surface area contributed by atoms with Gasteiger partial charge in [0.05, 0.1) is 0 Å². The Morgan fingerprint density at radius 1 is 0.941 bits per heavy atom. The van der Waals surface area contributed by atoms with Crippen molar-refractivity contribution in [2.75, 3.05) is 24.5 Å². The van der Waals surface area contributed by atoms with Gasteiger partial charge in [-0.15, -0.1) is 0 Å². The molecule has 0 saturated heterocycles. The van der Waals surface area contributed by atoms with Crippen LogP contribution in [0.5, 0.6) is 0 Å². The molecule has 0 bridgehead atoms.